The van der Waals surface area contributed by atoms with Crippen molar-refractivity contribution in [2.24, 2.45) is 5.73 Å². The number of hydrogen-bond donors (Lipinski definition) is 1. The quantitative estimate of drug-likeness (QED) is 0.795. The molecule has 17 heavy (non-hydrogen) atoms. The van der Waals surface area contributed by atoms with Crippen LogP contribution in [0.2, 0.25) is 0 Å². The van der Waals surface area contributed by atoms with Gasteiger partial charge in [0.15, 0.2) is 0 Å². The van der Waals surface area contributed by atoms with Crippen molar-refractivity contribution in [3.8, 4) is 0 Å². The van der Waals surface area contributed by atoms with Crippen molar-refractivity contribution in [3.63, 3.8) is 0 Å². The van der Waals surface area contributed by atoms with Gasteiger partial charge in [0.05, 0.1) is 0 Å². The minimum absolute atomic E-state index is 0.100. The van der Waals surface area contributed by atoms with Crippen LogP contribution in [0, 0.1) is 13.8 Å². The molecule has 1 aromatic carbocycles. The predicted octanol–water partition coefficient (Wildman–Crippen LogP) is 3.67. The number of nitrogens with two attached hydrogens (primary N) is 1. The predicted molar refractivity (Wildman–Crippen MR) is 65.2 cm³/mol. The van der Waals surface area contributed by atoms with Gasteiger partial charge in [-0.15, -0.1) is 0 Å². The molecular formula is C14H19F2N. The van der Waals surface area contributed by atoms with Crippen LogP contribution in [0.15, 0.2) is 18.2 Å². The van der Waals surface area contributed by atoms with Gasteiger partial charge < -0.3 is 5.73 Å². The molecule has 0 radical (unpaired) electrons. The van der Waals surface area contributed by atoms with E-state index < -0.39 is 11.5 Å². The molecule has 1 fully saturated rings. The summed E-state index contributed by atoms with van der Waals surface area (Å²) in [5, 5.41) is 0. The van der Waals surface area contributed by atoms with E-state index >= 15 is 0 Å². The molecule has 0 saturated heterocycles. The Morgan fingerprint density at radius 2 is 1.65 bits per heavy atom. The molecule has 2 N–H and O–H groups in total. The third-order valence-corrected chi connectivity index (χ3v) is 3.79. The van der Waals surface area contributed by atoms with E-state index in [1.165, 1.54) is 5.56 Å². The molecule has 0 aromatic heterocycles. The summed E-state index contributed by atoms with van der Waals surface area (Å²) < 4.78 is 26.3. The second-order valence-corrected chi connectivity index (χ2v) is 5.33. The Labute approximate surface area is 101 Å². The van der Waals surface area contributed by atoms with E-state index in [-0.39, 0.29) is 12.8 Å². The lowest BCUT2D eigenvalue weighted by atomic mass is 9.74. The molecule has 0 bridgehead atoms. The molecule has 0 unspecified atom stereocenters. The summed E-state index contributed by atoms with van der Waals surface area (Å²) in [4.78, 5) is 0. The molecular weight excluding hydrogens is 220 g/mol. The summed E-state index contributed by atoms with van der Waals surface area (Å²) in [5.74, 6) is -2.53. The Balaban J connectivity index is 2.27. The molecule has 94 valence electrons. The lowest BCUT2D eigenvalue weighted by molar-refractivity contribution is -0.0514. The van der Waals surface area contributed by atoms with E-state index in [0.29, 0.717) is 12.8 Å². The molecule has 3 heteroatoms. The molecule has 1 nitrogen and oxygen atoms in total. The highest BCUT2D eigenvalue weighted by molar-refractivity contribution is 5.36. The number of alkyl halides is 2. The highest BCUT2D eigenvalue weighted by Gasteiger charge is 2.42. The van der Waals surface area contributed by atoms with E-state index in [1.807, 2.05) is 26.0 Å². The molecule has 1 saturated carbocycles. The summed E-state index contributed by atoms with van der Waals surface area (Å²) in [7, 11) is 0. The van der Waals surface area contributed by atoms with E-state index in [9.17, 15) is 8.78 Å². The lowest BCUT2D eigenvalue weighted by Gasteiger charge is -2.38. The van der Waals surface area contributed by atoms with Crippen LogP contribution in [0.4, 0.5) is 8.78 Å². The van der Waals surface area contributed by atoms with Crippen LogP contribution in [0.1, 0.15) is 42.4 Å². The van der Waals surface area contributed by atoms with Crippen LogP contribution in [0.5, 0.6) is 0 Å². The monoisotopic (exact) mass is 239 g/mol. The van der Waals surface area contributed by atoms with Gasteiger partial charge in [-0.3, -0.25) is 0 Å². The summed E-state index contributed by atoms with van der Waals surface area (Å²) in [6.07, 6.45) is 0.529. The molecule has 2 rings (SSSR count). The minimum atomic E-state index is -2.53. The number of hydrogen-bond acceptors (Lipinski definition) is 1. The summed E-state index contributed by atoms with van der Waals surface area (Å²) in [5.41, 5.74) is 9.06. The zero-order chi connectivity index (χ0) is 12.7. The Bertz CT molecular complexity index is 416. The van der Waals surface area contributed by atoms with Gasteiger partial charge in [-0.2, -0.15) is 0 Å². The third kappa shape index (κ3) is 2.49. The smallest absolute Gasteiger partial charge is 0.248 e. The highest BCUT2D eigenvalue weighted by atomic mass is 19.3. The summed E-state index contributed by atoms with van der Waals surface area (Å²) in [6, 6.07) is 6.06. The van der Waals surface area contributed by atoms with Crippen LogP contribution in [-0.4, -0.2) is 5.92 Å². The van der Waals surface area contributed by atoms with Gasteiger partial charge in [-0.05, 0) is 37.8 Å². The molecule has 0 aliphatic heterocycles. The van der Waals surface area contributed by atoms with Crippen molar-refractivity contribution in [3.05, 3.63) is 34.9 Å². The average Bonchev–Trinajstić information content (AvgIpc) is 2.23. The molecule has 1 aromatic rings. The van der Waals surface area contributed by atoms with Gasteiger partial charge >= 0.3 is 0 Å². The SMILES string of the molecule is Cc1ccc(C2(N)CCC(F)(F)CC2)c(C)c1. The van der Waals surface area contributed by atoms with Gasteiger partial charge in [0, 0.05) is 18.4 Å². The van der Waals surface area contributed by atoms with E-state index in [4.69, 9.17) is 5.73 Å². The fourth-order valence-electron chi connectivity index (χ4n) is 2.70. The number of rotatable bonds is 1. The number of benzene rings is 1. The first kappa shape index (κ1) is 12.5. The molecule has 0 amide bonds. The molecule has 0 spiro atoms. The maximum atomic E-state index is 13.2. The van der Waals surface area contributed by atoms with Gasteiger partial charge in [0.25, 0.3) is 0 Å². The van der Waals surface area contributed by atoms with Crippen LogP contribution in [-0.2, 0) is 5.54 Å². The first-order valence-electron chi connectivity index (χ1n) is 6.07. The van der Waals surface area contributed by atoms with Crippen LogP contribution < -0.4 is 5.73 Å². The molecule has 1 aliphatic rings. The largest absolute Gasteiger partial charge is 0.321 e. The van der Waals surface area contributed by atoms with E-state index in [2.05, 4.69) is 6.07 Å². The lowest BCUT2D eigenvalue weighted by Crippen LogP contribution is -2.44. The summed E-state index contributed by atoms with van der Waals surface area (Å²) in [6.45, 7) is 4.03. The Morgan fingerprint density at radius 3 is 2.18 bits per heavy atom. The zero-order valence-electron chi connectivity index (χ0n) is 10.4. The Morgan fingerprint density at radius 1 is 1.06 bits per heavy atom. The van der Waals surface area contributed by atoms with Crippen molar-refractivity contribution in [2.45, 2.75) is 51.0 Å². The van der Waals surface area contributed by atoms with Crippen LogP contribution in [0.25, 0.3) is 0 Å². The third-order valence-electron chi connectivity index (χ3n) is 3.79. The Kier molecular flexibility index (Phi) is 2.98. The van der Waals surface area contributed by atoms with Gasteiger partial charge in [-0.25, -0.2) is 8.78 Å². The standard InChI is InChI=1S/C14H19F2N/c1-10-3-4-12(11(2)9-10)13(17)5-7-14(15,16)8-6-13/h3-4,9H,5-8,17H2,1-2H3. The second kappa shape index (κ2) is 4.05. The maximum absolute atomic E-state index is 13.2. The Hall–Kier alpha value is -0.960. The molecule has 1 aliphatic carbocycles. The van der Waals surface area contributed by atoms with E-state index in [1.54, 1.807) is 0 Å². The topological polar surface area (TPSA) is 26.0 Å². The van der Waals surface area contributed by atoms with Crippen molar-refractivity contribution in [1.82, 2.24) is 0 Å². The van der Waals surface area contributed by atoms with Crippen LogP contribution in [0.3, 0.4) is 0 Å². The van der Waals surface area contributed by atoms with Crippen LogP contribution >= 0.6 is 0 Å². The zero-order valence-corrected chi connectivity index (χ0v) is 10.4. The maximum Gasteiger partial charge on any atom is 0.248 e. The molecule has 0 atom stereocenters. The fourth-order valence-corrected chi connectivity index (χ4v) is 2.70. The van der Waals surface area contributed by atoms with Crippen molar-refractivity contribution in [2.75, 3.05) is 0 Å². The second-order valence-electron chi connectivity index (χ2n) is 5.33. The first-order valence-corrected chi connectivity index (χ1v) is 6.07. The fraction of sp³-hybridized carbons (Fsp3) is 0.571. The van der Waals surface area contributed by atoms with Gasteiger partial charge in [0.2, 0.25) is 5.92 Å². The minimum Gasteiger partial charge on any atom is -0.321 e. The molecule has 0 heterocycles. The average molecular weight is 239 g/mol. The normalized spacial score (nSPS) is 22.4. The van der Waals surface area contributed by atoms with Gasteiger partial charge in [-0.1, -0.05) is 23.8 Å². The first-order chi connectivity index (χ1) is 7.82. The van der Waals surface area contributed by atoms with Crippen molar-refractivity contribution >= 4 is 0 Å². The summed E-state index contributed by atoms with van der Waals surface area (Å²) >= 11 is 0. The number of aryl methyl sites for hydroxylation is 2. The van der Waals surface area contributed by atoms with E-state index in [0.717, 1.165) is 11.1 Å². The van der Waals surface area contributed by atoms with Gasteiger partial charge in [0.1, 0.15) is 0 Å². The number of halogens is 2. The highest BCUT2D eigenvalue weighted by Crippen LogP contribution is 2.43. The van der Waals surface area contributed by atoms with Crippen molar-refractivity contribution < 1.29 is 8.78 Å². The van der Waals surface area contributed by atoms with Crippen molar-refractivity contribution in [1.29, 1.82) is 0 Å².